The summed E-state index contributed by atoms with van der Waals surface area (Å²) in [5.41, 5.74) is 2.38. The van der Waals surface area contributed by atoms with Gasteiger partial charge in [-0.3, -0.25) is 0 Å². The van der Waals surface area contributed by atoms with Gasteiger partial charge in [-0.05, 0) is 62.8 Å². The quantitative estimate of drug-likeness (QED) is 0.205. The Morgan fingerprint density at radius 1 is 1.00 bits per heavy atom. The number of hydrogen-bond donors (Lipinski definition) is 0. The third kappa shape index (κ3) is 8.91. The van der Waals surface area contributed by atoms with Crippen LogP contribution in [0, 0.1) is 16.7 Å². The van der Waals surface area contributed by atoms with Crippen molar-refractivity contribution in [2.45, 2.75) is 85.5 Å². The summed E-state index contributed by atoms with van der Waals surface area (Å²) in [6, 6.07) is 9.51. The highest BCUT2D eigenvalue weighted by Gasteiger charge is 2.62. The van der Waals surface area contributed by atoms with Crippen molar-refractivity contribution in [1.82, 2.24) is 0 Å². The van der Waals surface area contributed by atoms with E-state index >= 15 is 0 Å². The van der Waals surface area contributed by atoms with E-state index in [9.17, 15) is 14.4 Å². The van der Waals surface area contributed by atoms with Crippen molar-refractivity contribution in [1.29, 1.82) is 0 Å². The predicted molar refractivity (Wildman–Crippen MR) is 155 cm³/mol. The molecule has 3 aliphatic rings. The average Bonchev–Trinajstić information content (AvgIpc) is 3.58. The van der Waals surface area contributed by atoms with Gasteiger partial charge in [-0.2, -0.15) is 0 Å². The molecule has 2 saturated carbocycles. The predicted octanol–water partition coefficient (Wildman–Crippen LogP) is 6.52. The Bertz CT molecular complexity index is 1050. The molecule has 7 nitrogen and oxygen atoms in total. The number of benzene rings is 1. The first-order valence-corrected chi connectivity index (χ1v) is 14.0. The van der Waals surface area contributed by atoms with Crippen molar-refractivity contribution in [2.24, 2.45) is 16.7 Å². The molecule has 1 aromatic carbocycles. The van der Waals surface area contributed by atoms with Crippen LogP contribution in [0.1, 0.15) is 72.3 Å². The lowest BCUT2D eigenvalue weighted by atomic mass is 9.70. The lowest BCUT2D eigenvalue weighted by Crippen LogP contribution is -2.38. The standard InChI is InChI=1S/C14H22O2.C10H10O2.C9H14O3/c1-9(2)12(15)16-11-8-10-6-7-14(11,5)13(10,3)4;1-2-10(11)12-8-9-6-4-3-5-7-9;1-7(2)9(10)12-6-8-4-3-5-11-8/h10-11H,1,6-8H2,2-5H3;2-7H,1,8H2;8H,1,3-6H2,2H3/t10-,11?,14-;;/m1../s1. The largest absolute Gasteiger partial charge is 0.460 e. The monoisotopic (exact) mass is 554 g/mol. The molecule has 4 atom stereocenters. The van der Waals surface area contributed by atoms with Gasteiger partial charge in [0.1, 0.15) is 19.3 Å². The van der Waals surface area contributed by atoms with Crippen LogP contribution in [-0.4, -0.2) is 43.3 Å². The molecular formula is C33H46O7. The smallest absolute Gasteiger partial charge is 0.333 e. The molecular weight excluding hydrogens is 508 g/mol. The van der Waals surface area contributed by atoms with Gasteiger partial charge in [0, 0.05) is 29.2 Å². The Balaban J connectivity index is 0.000000214. The van der Waals surface area contributed by atoms with Gasteiger partial charge >= 0.3 is 17.9 Å². The summed E-state index contributed by atoms with van der Waals surface area (Å²) in [6.07, 6.45) is 6.90. The van der Waals surface area contributed by atoms with Crippen LogP contribution >= 0.6 is 0 Å². The second kappa shape index (κ2) is 15.0. The Labute approximate surface area is 239 Å². The molecule has 40 heavy (non-hydrogen) atoms. The van der Waals surface area contributed by atoms with Crippen LogP contribution in [-0.2, 0) is 39.9 Å². The first-order chi connectivity index (χ1) is 18.8. The maximum atomic E-state index is 11.6. The fraction of sp³-hybridized carbons (Fsp3) is 0.545. The van der Waals surface area contributed by atoms with Crippen molar-refractivity contribution in [3.05, 3.63) is 72.9 Å². The molecule has 0 spiro atoms. The van der Waals surface area contributed by atoms with Crippen molar-refractivity contribution in [2.75, 3.05) is 13.2 Å². The van der Waals surface area contributed by atoms with Gasteiger partial charge < -0.3 is 18.9 Å². The van der Waals surface area contributed by atoms with Crippen LogP contribution in [0.5, 0.6) is 0 Å². The highest BCUT2D eigenvalue weighted by molar-refractivity contribution is 5.87. The zero-order valence-electron chi connectivity index (χ0n) is 24.8. The normalized spacial score (nSPS) is 25.3. The Hall–Kier alpha value is -3.19. The molecule has 2 unspecified atom stereocenters. The zero-order valence-corrected chi connectivity index (χ0v) is 24.8. The van der Waals surface area contributed by atoms with E-state index in [2.05, 4.69) is 40.5 Å². The van der Waals surface area contributed by atoms with Gasteiger partial charge in [0.05, 0.1) is 6.10 Å². The number of esters is 3. The molecule has 1 saturated heterocycles. The second-order valence-corrected chi connectivity index (χ2v) is 11.6. The van der Waals surface area contributed by atoms with E-state index in [-0.39, 0.29) is 35.5 Å². The van der Waals surface area contributed by atoms with Gasteiger partial charge in [0.2, 0.25) is 0 Å². The Kier molecular flexibility index (Phi) is 12.4. The van der Waals surface area contributed by atoms with Crippen LogP contribution in [0.15, 0.2) is 67.3 Å². The highest BCUT2D eigenvalue weighted by atomic mass is 16.6. The van der Waals surface area contributed by atoms with E-state index in [0.29, 0.717) is 35.7 Å². The minimum absolute atomic E-state index is 0.0884. The summed E-state index contributed by atoms with van der Waals surface area (Å²) in [7, 11) is 0. The number of fused-ring (bicyclic) bond motifs is 2. The molecule has 4 rings (SSSR count). The summed E-state index contributed by atoms with van der Waals surface area (Å²) in [4.78, 5) is 33.2. The van der Waals surface area contributed by atoms with Gasteiger partial charge in [0.15, 0.2) is 0 Å². The van der Waals surface area contributed by atoms with E-state index in [1.807, 2.05) is 30.3 Å². The summed E-state index contributed by atoms with van der Waals surface area (Å²) in [6.45, 7) is 22.2. The van der Waals surface area contributed by atoms with Crippen LogP contribution in [0.4, 0.5) is 0 Å². The number of hydrogen-bond acceptors (Lipinski definition) is 7. The first kappa shape index (κ1) is 33.0. The van der Waals surface area contributed by atoms with Crippen molar-refractivity contribution >= 4 is 17.9 Å². The van der Waals surface area contributed by atoms with Crippen LogP contribution in [0.3, 0.4) is 0 Å². The molecule has 1 heterocycles. The van der Waals surface area contributed by atoms with Crippen LogP contribution in [0.2, 0.25) is 0 Å². The summed E-state index contributed by atoms with van der Waals surface area (Å²) in [5, 5.41) is 0. The maximum absolute atomic E-state index is 11.6. The lowest BCUT2D eigenvalue weighted by molar-refractivity contribution is -0.152. The second-order valence-electron chi connectivity index (χ2n) is 11.6. The fourth-order valence-corrected chi connectivity index (χ4v) is 5.39. The first-order valence-electron chi connectivity index (χ1n) is 14.0. The highest BCUT2D eigenvalue weighted by Crippen LogP contribution is 2.66. The minimum Gasteiger partial charge on any atom is -0.460 e. The van der Waals surface area contributed by atoms with E-state index in [4.69, 9.17) is 18.9 Å². The molecule has 2 bridgehead atoms. The average molecular weight is 555 g/mol. The van der Waals surface area contributed by atoms with E-state index < -0.39 is 0 Å². The van der Waals surface area contributed by atoms with Crippen molar-refractivity contribution < 1.29 is 33.3 Å². The molecule has 0 aromatic heterocycles. The third-order valence-corrected chi connectivity index (χ3v) is 8.48. The van der Waals surface area contributed by atoms with Crippen LogP contribution in [0.25, 0.3) is 0 Å². The van der Waals surface area contributed by atoms with E-state index in [1.54, 1.807) is 13.8 Å². The van der Waals surface area contributed by atoms with Gasteiger partial charge in [-0.25, -0.2) is 14.4 Å². The maximum Gasteiger partial charge on any atom is 0.333 e. The van der Waals surface area contributed by atoms with Gasteiger partial charge in [-0.15, -0.1) is 0 Å². The van der Waals surface area contributed by atoms with Crippen molar-refractivity contribution in [3.8, 4) is 0 Å². The van der Waals surface area contributed by atoms with Crippen molar-refractivity contribution in [3.63, 3.8) is 0 Å². The molecule has 1 aliphatic heterocycles. The Morgan fingerprint density at radius 3 is 2.12 bits per heavy atom. The molecule has 3 fully saturated rings. The molecule has 0 N–H and O–H groups in total. The molecule has 1 aromatic rings. The molecule has 0 radical (unpaired) electrons. The SMILES string of the molecule is C=C(C)C(=O)OC1C[C@H]2CC[C@@]1(C)C2(C)C.C=C(C)C(=O)OCC1CCCO1.C=CC(=O)OCc1ccccc1. The third-order valence-electron chi connectivity index (χ3n) is 8.48. The minimum atomic E-state index is -0.390. The fourth-order valence-electron chi connectivity index (χ4n) is 5.39. The number of rotatable bonds is 8. The number of carbonyl (C=O) groups excluding carboxylic acids is 3. The molecule has 220 valence electrons. The molecule has 7 heteroatoms. The number of ether oxygens (including phenoxy) is 4. The topological polar surface area (TPSA) is 88.1 Å². The number of carbonyl (C=O) groups is 3. The zero-order chi connectivity index (χ0) is 29.9. The summed E-state index contributed by atoms with van der Waals surface area (Å²) >= 11 is 0. The molecule has 0 amide bonds. The summed E-state index contributed by atoms with van der Waals surface area (Å²) in [5.74, 6) is -0.237. The van der Waals surface area contributed by atoms with E-state index in [0.717, 1.165) is 37.5 Å². The van der Waals surface area contributed by atoms with Gasteiger partial charge in [0.25, 0.3) is 0 Å². The van der Waals surface area contributed by atoms with Crippen LogP contribution < -0.4 is 0 Å². The Morgan fingerprint density at radius 2 is 1.65 bits per heavy atom. The van der Waals surface area contributed by atoms with E-state index in [1.165, 1.54) is 12.8 Å². The van der Waals surface area contributed by atoms with Gasteiger partial charge in [-0.1, -0.05) is 70.8 Å². The molecule has 2 aliphatic carbocycles. The lowest BCUT2D eigenvalue weighted by Gasteiger charge is -2.38. The summed E-state index contributed by atoms with van der Waals surface area (Å²) < 4.78 is 20.6.